The van der Waals surface area contributed by atoms with E-state index < -0.39 is 16.1 Å². The molecule has 10 nitrogen and oxygen atoms in total. The first-order chi connectivity index (χ1) is 20.3. The quantitative estimate of drug-likeness (QED) is 0.303. The van der Waals surface area contributed by atoms with Gasteiger partial charge in [0.05, 0.1) is 23.7 Å². The molecule has 2 aliphatic heterocycles. The molecule has 0 amide bonds. The maximum Gasteiger partial charge on any atom is 0.265 e. The van der Waals surface area contributed by atoms with Crippen molar-refractivity contribution in [2.45, 2.75) is 31.2 Å². The summed E-state index contributed by atoms with van der Waals surface area (Å²) in [5.41, 5.74) is 4.07. The van der Waals surface area contributed by atoms with Crippen LogP contribution >= 0.6 is 0 Å². The highest BCUT2D eigenvalue weighted by Gasteiger charge is 2.40. The van der Waals surface area contributed by atoms with Gasteiger partial charge in [-0.25, -0.2) is 13.4 Å². The molecule has 11 heteroatoms. The molecule has 4 heterocycles. The predicted molar refractivity (Wildman–Crippen MR) is 162 cm³/mol. The minimum absolute atomic E-state index is 0.147. The molecule has 0 unspecified atom stereocenters. The molecule has 0 bridgehead atoms. The topological polar surface area (TPSA) is 101 Å². The molecule has 0 radical (unpaired) electrons. The van der Waals surface area contributed by atoms with E-state index in [1.165, 1.54) is 4.31 Å². The first-order valence-corrected chi connectivity index (χ1v) is 15.4. The van der Waals surface area contributed by atoms with E-state index in [2.05, 4.69) is 24.8 Å². The van der Waals surface area contributed by atoms with Gasteiger partial charge in [0, 0.05) is 56.5 Å². The van der Waals surface area contributed by atoms with Gasteiger partial charge >= 0.3 is 0 Å². The fourth-order valence-corrected chi connectivity index (χ4v) is 7.98. The Morgan fingerprint density at radius 3 is 2.31 bits per heavy atom. The highest BCUT2D eigenvalue weighted by molar-refractivity contribution is 7.93. The van der Waals surface area contributed by atoms with Gasteiger partial charge in [-0.05, 0) is 67.3 Å². The zero-order valence-electron chi connectivity index (χ0n) is 24.0. The molecular formula is C31H34N6O4S. The van der Waals surface area contributed by atoms with E-state index in [9.17, 15) is 8.42 Å². The van der Waals surface area contributed by atoms with E-state index in [0.29, 0.717) is 45.7 Å². The minimum Gasteiger partial charge on any atom is -0.497 e. The third-order valence-electron chi connectivity index (χ3n) is 7.83. The van der Waals surface area contributed by atoms with Crippen molar-refractivity contribution in [3.8, 4) is 11.6 Å². The molecule has 0 aliphatic carbocycles. The average Bonchev–Trinajstić information content (AvgIpc) is 3.39. The second kappa shape index (κ2) is 11.5. The number of sulfonamides is 1. The predicted octanol–water partition coefficient (Wildman–Crippen LogP) is 4.02. The summed E-state index contributed by atoms with van der Waals surface area (Å²) in [6, 6.07) is 16.5. The summed E-state index contributed by atoms with van der Waals surface area (Å²) in [7, 11) is -2.32. The highest BCUT2D eigenvalue weighted by atomic mass is 32.2. The number of anilines is 3. The summed E-state index contributed by atoms with van der Waals surface area (Å²) in [6.45, 7) is 6.98. The molecule has 1 saturated heterocycles. The second-order valence-corrected chi connectivity index (χ2v) is 12.3. The Morgan fingerprint density at radius 1 is 0.905 bits per heavy atom. The normalized spacial score (nSPS) is 16.8. The minimum atomic E-state index is -3.90. The summed E-state index contributed by atoms with van der Waals surface area (Å²) in [4.78, 5) is 18.0. The van der Waals surface area contributed by atoms with Crippen molar-refractivity contribution in [3.05, 3.63) is 89.9 Å². The molecule has 2 aliphatic rings. The summed E-state index contributed by atoms with van der Waals surface area (Å²) < 4.78 is 41.5. The van der Waals surface area contributed by atoms with E-state index in [1.54, 1.807) is 57.7 Å². The molecule has 0 N–H and O–H groups in total. The van der Waals surface area contributed by atoms with Gasteiger partial charge in [-0.2, -0.15) is 4.98 Å². The Hall–Kier alpha value is -4.38. The van der Waals surface area contributed by atoms with Crippen molar-refractivity contribution in [1.82, 2.24) is 15.0 Å². The number of hydrogen-bond donors (Lipinski definition) is 0. The van der Waals surface area contributed by atoms with E-state index in [0.717, 1.165) is 37.4 Å². The van der Waals surface area contributed by atoms with Crippen LogP contribution in [-0.2, 0) is 16.4 Å². The van der Waals surface area contributed by atoms with E-state index in [-0.39, 0.29) is 6.61 Å². The summed E-state index contributed by atoms with van der Waals surface area (Å²) in [6.07, 6.45) is 5.84. The maximum atomic E-state index is 14.2. The van der Waals surface area contributed by atoms with Crippen molar-refractivity contribution in [1.29, 1.82) is 0 Å². The van der Waals surface area contributed by atoms with Crippen LogP contribution in [0.5, 0.6) is 11.6 Å². The lowest BCUT2D eigenvalue weighted by Gasteiger charge is -2.36. The zero-order chi connectivity index (χ0) is 29.3. The molecule has 0 spiro atoms. The molecule has 2 aromatic heterocycles. The van der Waals surface area contributed by atoms with Gasteiger partial charge in [0.1, 0.15) is 12.4 Å². The van der Waals surface area contributed by atoms with Crippen molar-refractivity contribution in [3.63, 3.8) is 0 Å². The molecule has 218 valence electrons. The van der Waals surface area contributed by atoms with Crippen molar-refractivity contribution in [2.24, 2.45) is 0 Å². The number of rotatable bonds is 8. The number of nitrogens with zero attached hydrogens (tertiary/aromatic N) is 6. The molecule has 4 aromatic rings. The Bertz CT molecular complexity index is 1650. The number of piperazine rings is 1. The molecule has 0 saturated carbocycles. The average molecular weight is 587 g/mol. The molecular weight excluding hydrogens is 552 g/mol. The number of para-hydroxylation sites is 1. The van der Waals surface area contributed by atoms with E-state index >= 15 is 0 Å². The number of fused-ring (bicyclic) bond motifs is 1. The third kappa shape index (κ3) is 5.32. The SMILES string of the molecule is COc1cc(C)c(S(=O)(=O)N2c3ccccc3C[C@H]2COc2ccnc(N3CCN(c4ccncc4)CC3)n2)c(C)c1. The fourth-order valence-electron chi connectivity index (χ4n) is 5.88. The van der Waals surface area contributed by atoms with Crippen LogP contribution in [0.2, 0.25) is 0 Å². The lowest BCUT2D eigenvalue weighted by atomic mass is 10.1. The first-order valence-electron chi connectivity index (χ1n) is 14.0. The van der Waals surface area contributed by atoms with Crippen LogP contribution in [0.4, 0.5) is 17.3 Å². The Kier molecular flexibility index (Phi) is 7.59. The maximum absolute atomic E-state index is 14.2. The summed E-state index contributed by atoms with van der Waals surface area (Å²) >= 11 is 0. The van der Waals surface area contributed by atoms with Crippen LogP contribution in [0.1, 0.15) is 16.7 Å². The number of pyridine rings is 1. The standard InChI is InChI=1S/C31H34N6O4S/c1-22-18-27(40-3)19-23(2)30(22)42(38,39)37-26(20-24-6-4-5-7-28(24)37)21-41-29-10-13-33-31(34-29)36-16-14-35(15-17-36)25-8-11-32-12-9-25/h4-13,18-19,26H,14-17,20-21H2,1-3H3/t26-/m0/s1. The van der Waals surface area contributed by atoms with Crippen LogP contribution in [0.3, 0.4) is 0 Å². The molecule has 1 atom stereocenters. The Balaban J connectivity index is 1.20. The van der Waals surface area contributed by atoms with Crippen molar-refractivity contribution in [2.75, 3.05) is 54.0 Å². The second-order valence-electron chi connectivity index (χ2n) is 10.6. The van der Waals surface area contributed by atoms with Crippen LogP contribution in [0.25, 0.3) is 0 Å². The van der Waals surface area contributed by atoms with Gasteiger partial charge in [-0.1, -0.05) is 18.2 Å². The van der Waals surface area contributed by atoms with Gasteiger partial charge in [0.2, 0.25) is 11.8 Å². The summed E-state index contributed by atoms with van der Waals surface area (Å²) in [5.74, 6) is 1.65. The Morgan fingerprint density at radius 2 is 1.60 bits per heavy atom. The number of benzene rings is 2. The number of methoxy groups -OCH3 is 1. The third-order valence-corrected chi connectivity index (χ3v) is 10.0. The number of aryl methyl sites for hydroxylation is 2. The van der Waals surface area contributed by atoms with Crippen LogP contribution in [0.15, 0.2) is 78.1 Å². The van der Waals surface area contributed by atoms with Gasteiger partial charge < -0.3 is 19.3 Å². The summed E-state index contributed by atoms with van der Waals surface area (Å²) in [5, 5.41) is 0. The van der Waals surface area contributed by atoms with Crippen LogP contribution in [-0.4, -0.2) is 69.3 Å². The van der Waals surface area contributed by atoms with Crippen molar-refractivity contribution >= 4 is 27.3 Å². The highest BCUT2D eigenvalue weighted by Crippen LogP contribution is 2.39. The fraction of sp³-hybridized carbons (Fsp3) is 0.323. The van der Waals surface area contributed by atoms with Gasteiger partial charge in [0.15, 0.2) is 0 Å². The largest absolute Gasteiger partial charge is 0.497 e. The lowest BCUT2D eigenvalue weighted by molar-refractivity contribution is 0.281. The van der Waals surface area contributed by atoms with Gasteiger partial charge in [0.25, 0.3) is 10.0 Å². The Labute approximate surface area is 246 Å². The van der Waals surface area contributed by atoms with E-state index in [4.69, 9.17) is 9.47 Å². The molecule has 6 rings (SSSR count). The van der Waals surface area contributed by atoms with Crippen LogP contribution in [0, 0.1) is 13.8 Å². The van der Waals surface area contributed by atoms with E-state index in [1.807, 2.05) is 36.4 Å². The van der Waals surface area contributed by atoms with Gasteiger partial charge in [-0.3, -0.25) is 9.29 Å². The number of ether oxygens (including phenoxy) is 2. The van der Waals surface area contributed by atoms with Crippen molar-refractivity contribution < 1.29 is 17.9 Å². The molecule has 42 heavy (non-hydrogen) atoms. The number of aromatic nitrogens is 3. The molecule has 2 aromatic carbocycles. The van der Waals surface area contributed by atoms with Crippen LogP contribution < -0.4 is 23.6 Å². The first kappa shape index (κ1) is 27.8. The monoisotopic (exact) mass is 586 g/mol. The zero-order valence-corrected chi connectivity index (χ0v) is 24.8. The van der Waals surface area contributed by atoms with Gasteiger partial charge in [-0.15, -0.1) is 0 Å². The number of hydrogen-bond acceptors (Lipinski definition) is 9. The lowest BCUT2D eigenvalue weighted by Crippen LogP contribution is -2.47. The molecule has 1 fully saturated rings. The smallest absolute Gasteiger partial charge is 0.265 e.